The van der Waals surface area contributed by atoms with E-state index in [0.29, 0.717) is 11.4 Å². The van der Waals surface area contributed by atoms with Gasteiger partial charge < -0.3 is 10.2 Å². The Morgan fingerprint density at radius 2 is 2.26 bits per heavy atom. The molecule has 2 aromatic rings. The van der Waals surface area contributed by atoms with Gasteiger partial charge in [-0.25, -0.2) is 0 Å². The van der Waals surface area contributed by atoms with Gasteiger partial charge in [-0.3, -0.25) is 14.5 Å². The first-order chi connectivity index (χ1) is 9.15. The summed E-state index contributed by atoms with van der Waals surface area (Å²) in [5, 5.41) is 7.03. The molecule has 1 N–H and O–H groups in total. The summed E-state index contributed by atoms with van der Waals surface area (Å²) in [6.07, 6.45) is 5.01. The van der Waals surface area contributed by atoms with Crippen LogP contribution in [0.2, 0.25) is 0 Å². The standard InChI is InChI=1S/C13H17N5O/c1-17(2)8-9-18-7-5-12(16-18)15-13(19)11-4-3-6-14-10-11/h3-7,10H,8-9H2,1-2H3,(H,15,16,19). The summed E-state index contributed by atoms with van der Waals surface area (Å²) >= 11 is 0. The van der Waals surface area contributed by atoms with Crippen LogP contribution >= 0.6 is 0 Å². The Balaban J connectivity index is 1.95. The van der Waals surface area contributed by atoms with Crippen molar-refractivity contribution in [2.45, 2.75) is 6.54 Å². The average molecular weight is 259 g/mol. The lowest BCUT2D eigenvalue weighted by Gasteiger charge is -2.08. The summed E-state index contributed by atoms with van der Waals surface area (Å²) in [4.78, 5) is 17.9. The quantitative estimate of drug-likeness (QED) is 0.873. The number of aromatic nitrogens is 3. The van der Waals surface area contributed by atoms with Gasteiger partial charge in [0.2, 0.25) is 0 Å². The maximum absolute atomic E-state index is 11.9. The molecule has 0 aromatic carbocycles. The Morgan fingerprint density at radius 1 is 1.42 bits per heavy atom. The van der Waals surface area contributed by atoms with E-state index in [0.717, 1.165) is 13.1 Å². The molecule has 2 aromatic heterocycles. The van der Waals surface area contributed by atoms with Crippen molar-refractivity contribution in [2.75, 3.05) is 26.0 Å². The second-order valence-electron chi connectivity index (χ2n) is 4.46. The molecule has 19 heavy (non-hydrogen) atoms. The smallest absolute Gasteiger partial charge is 0.258 e. The first-order valence-corrected chi connectivity index (χ1v) is 6.05. The van der Waals surface area contributed by atoms with Crippen LogP contribution < -0.4 is 5.32 Å². The van der Waals surface area contributed by atoms with E-state index in [1.807, 2.05) is 20.3 Å². The first-order valence-electron chi connectivity index (χ1n) is 6.05. The predicted octanol–water partition coefficient (Wildman–Crippen LogP) is 1.09. The lowest BCUT2D eigenvalue weighted by Crippen LogP contribution is -2.19. The van der Waals surface area contributed by atoms with Crippen molar-refractivity contribution in [3.63, 3.8) is 0 Å². The zero-order valence-electron chi connectivity index (χ0n) is 11.1. The molecule has 0 radical (unpaired) electrons. The third kappa shape index (κ3) is 3.89. The zero-order chi connectivity index (χ0) is 13.7. The number of likely N-dealkylation sites (N-methyl/N-ethyl adjacent to an activating group) is 1. The number of carbonyl (C=O) groups excluding carboxylic acids is 1. The summed E-state index contributed by atoms with van der Waals surface area (Å²) in [6.45, 7) is 1.69. The molecule has 0 saturated heterocycles. The predicted molar refractivity (Wildman–Crippen MR) is 73.0 cm³/mol. The number of amides is 1. The summed E-state index contributed by atoms with van der Waals surface area (Å²) < 4.78 is 1.80. The van der Waals surface area contributed by atoms with Crippen molar-refractivity contribution in [3.8, 4) is 0 Å². The number of nitrogens with zero attached hydrogens (tertiary/aromatic N) is 4. The lowest BCUT2D eigenvalue weighted by atomic mass is 10.3. The Bertz CT molecular complexity index is 535. The minimum Gasteiger partial charge on any atom is -0.308 e. The van der Waals surface area contributed by atoms with E-state index in [-0.39, 0.29) is 5.91 Å². The Labute approximate surface area is 112 Å². The van der Waals surface area contributed by atoms with Gasteiger partial charge in [0, 0.05) is 31.2 Å². The summed E-state index contributed by atoms with van der Waals surface area (Å²) in [5.41, 5.74) is 0.519. The number of pyridine rings is 1. The number of hydrogen-bond donors (Lipinski definition) is 1. The van der Waals surface area contributed by atoms with Crippen molar-refractivity contribution in [1.82, 2.24) is 19.7 Å². The molecule has 0 aliphatic carbocycles. The maximum atomic E-state index is 11.9. The van der Waals surface area contributed by atoms with Gasteiger partial charge >= 0.3 is 0 Å². The number of carbonyl (C=O) groups is 1. The summed E-state index contributed by atoms with van der Waals surface area (Å²) in [6, 6.07) is 5.22. The fourth-order valence-corrected chi connectivity index (χ4v) is 1.54. The van der Waals surface area contributed by atoms with Crippen molar-refractivity contribution in [1.29, 1.82) is 0 Å². The molecular weight excluding hydrogens is 242 g/mol. The minimum absolute atomic E-state index is 0.203. The second-order valence-corrected chi connectivity index (χ2v) is 4.46. The molecule has 1 amide bonds. The topological polar surface area (TPSA) is 63.0 Å². The normalized spacial score (nSPS) is 10.7. The minimum atomic E-state index is -0.203. The Hall–Kier alpha value is -2.21. The maximum Gasteiger partial charge on any atom is 0.258 e. The van der Waals surface area contributed by atoms with E-state index in [9.17, 15) is 4.79 Å². The molecule has 0 bridgehead atoms. The third-order valence-electron chi connectivity index (χ3n) is 2.58. The van der Waals surface area contributed by atoms with Gasteiger partial charge in [-0.2, -0.15) is 5.10 Å². The van der Waals surface area contributed by atoms with E-state index in [2.05, 4.69) is 20.3 Å². The van der Waals surface area contributed by atoms with Crippen LogP contribution in [0.3, 0.4) is 0 Å². The molecule has 100 valence electrons. The molecule has 6 heteroatoms. The molecule has 0 atom stereocenters. The molecule has 6 nitrogen and oxygen atoms in total. The van der Waals surface area contributed by atoms with Crippen LogP contribution in [0.25, 0.3) is 0 Å². The number of anilines is 1. The summed E-state index contributed by atoms with van der Waals surface area (Å²) in [5.74, 6) is 0.346. The highest BCUT2D eigenvalue weighted by Gasteiger charge is 2.07. The van der Waals surface area contributed by atoms with Gasteiger partial charge in [0.1, 0.15) is 0 Å². The van der Waals surface area contributed by atoms with Gasteiger partial charge in [-0.1, -0.05) is 0 Å². The van der Waals surface area contributed by atoms with Crippen LogP contribution in [0.1, 0.15) is 10.4 Å². The Kier molecular flexibility index (Phi) is 4.25. The van der Waals surface area contributed by atoms with Gasteiger partial charge in [0.15, 0.2) is 5.82 Å². The molecule has 0 spiro atoms. The monoisotopic (exact) mass is 259 g/mol. The molecule has 0 unspecified atom stereocenters. The largest absolute Gasteiger partial charge is 0.308 e. The van der Waals surface area contributed by atoms with E-state index in [4.69, 9.17) is 0 Å². The fourth-order valence-electron chi connectivity index (χ4n) is 1.54. The van der Waals surface area contributed by atoms with Crippen molar-refractivity contribution >= 4 is 11.7 Å². The molecule has 2 heterocycles. The van der Waals surface area contributed by atoms with Crippen LogP contribution in [0.5, 0.6) is 0 Å². The number of hydrogen-bond acceptors (Lipinski definition) is 4. The van der Waals surface area contributed by atoms with Crippen LogP contribution in [0.4, 0.5) is 5.82 Å². The third-order valence-corrected chi connectivity index (χ3v) is 2.58. The number of rotatable bonds is 5. The van der Waals surface area contributed by atoms with Gasteiger partial charge in [-0.15, -0.1) is 0 Å². The molecular formula is C13H17N5O. The molecule has 0 aliphatic rings. The zero-order valence-corrected chi connectivity index (χ0v) is 11.1. The van der Waals surface area contributed by atoms with Gasteiger partial charge in [-0.05, 0) is 26.2 Å². The molecule has 0 fully saturated rings. The number of nitrogens with one attached hydrogen (secondary N) is 1. The van der Waals surface area contributed by atoms with Crippen molar-refractivity contribution in [2.24, 2.45) is 0 Å². The van der Waals surface area contributed by atoms with Crippen molar-refractivity contribution in [3.05, 3.63) is 42.4 Å². The molecule has 2 rings (SSSR count). The fraction of sp³-hybridized carbons (Fsp3) is 0.308. The summed E-state index contributed by atoms with van der Waals surface area (Å²) in [7, 11) is 4.02. The second kappa shape index (κ2) is 6.10. The van der Waals surface area contributed by atoms with Crippen LogP contribution in [-0.2, 0) is 6.54 Å². The van der Waals surface area contributed by atoms with Crippen LogP contribution in [0.15, 0.2) is 36.8 Å². The van der Waals surface area contributed by atoms with E-state index >= 15 is 0 Å². The lowest BCUT2D eigenvalue weighted by molar-refractivity contribution is 0.102. The molecule has 0 aliphatic heterocycles. The highest BCUT2D eigenvalue weighted by atomic mass is 16.1. The van der Waals surface area contributed by atoms with E-state index < -0.39 is 0 Å². The average Bonchev–Trinajstić information content (AvgIpc) is 2.85. The Morgan fingerprint density at radius 3 is 2.95 bits per heavy atom. The van der Waals surface area contributed by atoms with Gasteiger partial charge in [0.25, 0.3) is 5.91 Å². The van der Waals surface area contributed by atoms with Gasteiger partial charge in [0.05, 0.1) is 12.1 Å². The first kappa shape index (κ1) is 13.2. The van der Waals surface area contributed by atoms with Crippen LogP contribution in [-0.4, -0.2) is 46.2 Å². The highest BCUT2D eigenvalue weighted by molar-refractivity contribution is 6.03. The van der Waals surface area contributed by atoms with E-state index in [1.165, 1.54) is 6.20 Å². The van der Waals surface area contributed by atoms with E-state index in [1.54, 1.807) is 29.1 Å². The van der Waals surface area contributed by atoms with Crippen molar-refractivity contribution < 1.29 is 4.79 Å². The SMILES string of the molecule is CN(C)CCn1ccc(NC(=O)c2cccnc2)n1. The van der Waals surface area contributed by atoms with Crippen LogP contribution in [0, 0.1) is 0 Å². The molecule has 0 saturated carbocycles. The highest BCUT2D eigenvalue weighted by Crippen LogP contribution is 2.05.